The predicted octanol–water partition coefficient (Wildman–Crippen LogP) is 3.48. The average Bonchev–Trinajstić information content (AvgIpc) is 2.43. The molecular formula is C17H24N2O. The van der Waals surface area contributed by atoms with Crippen molar-refractivity contribution in [2.45, 2.75) is 44.1 Å². The predicted molar refractivity (Wildman–Crippen MR) is 79.6 cm³/mol. The monoisotopic (exact) mass is 272 g/mol. The highest BCUT2D eigenvalue weighted by Gasteiger charge is 2.51. The summed E-state index contributed by atoms with van der Waals surface area (Å²) in [6.07, 6.45) is 10.2. The second-order valence-electron chi connectivity index (χ2n) is 7.09. The zero-order chi connectivity index (χ0) is 13.4. The molecule has 4 bridgehead atoms. The molecule has 20 heavy (non-hydrogen) atoms. The standard InChI is InChI=1S/C17H24N2O/c1-2-4-18-16(3-1)19-5-6-20-17-10-13-7-14(11-17)9-15(8-13)12-17/h1-4,13-15H,5-12H2,(H,18,19). The van der Waals surface area contributed by atoms with Gasteiger partial charge in [-0.25, -0.2) is 4.98 Å². The van der Waals surface area contributed by atoms with E-state index in [2.05, 4.69) is 10.3 Å². The van der Waals surface area contributed by atoms with Crippen molar-refractivity contribution in [3.63, 3.8) is 0 Å². The molecule has 4 saturated carbocycles. The van der Waals surface area contributed by atoms with E-state index in [0.29, 0.717) is 0 Å². The molecule has 0 saturated heterocycles. The van der Waals surface area contributed by atoms with Gasteiger partial charge < -0.3 is 10.1 Å². The molecule has 1 aromatic rings. The Labute approximate surface area is 121 Å². The molecule has 0 amide bonds. The third-order valence-electron chi connectivity index (χ3n) is 5.46. The van der Waals surface area contributed by atoms with Crippen LogP contribution in [-0.4, -0.2) is 23.7 Å². The van der Waals surface area contributed by atoms with Crippen molar-refractivity contribution in [2.75, 3.05) is 18.5 Å². The fourth-order valence-corrected chi connectivity index (χ4v) is 5.12. The maximum Gasteiger partial charge on any atom is 0.125 e. The van der Waals surface area contributed by atoms with E-state index in [0.717, 1.165) is 36.7 Å². The summed E-state index contributed by atoms with van der Waals surface area (Å²) in [5.74, 6) is 3.83. The number of nitrogens with one attached hydrogen (secondary N) is 1. The van der Waals surface area contributed by atoms with Gasteiger partial charge in [0, 0.05) is 12.7 Å². The third-order valence-corrected chi connectivity index (χ3v) is 5.46. The minimum atomic E-state index is 0.237. The maximum absolute atomic E-state index is 6.37. The molecule has 4 aliphatic carbocycles. The van der Waals surface area contributed by atoms with Crippen LogP contribution in [0.1, 0.15) is 38.5 Å². The van der Waals surface area contributed by atoms with Crippen LogP contribution in [0.15, 0.2) is 24.4 Å². The number of hydrogen-bond acceptors (Lipinski definition) is 3. The Bertz CT molecular complexity index is 424. The normalized spacial score (nSPS) is 38.1. The Morgan fingerprint density at radius 2 is 1.80 bits per heavy atom. The lowest BCUT2D eigenvalue weighted by atomic mass is 9.54. The average molecular weight is 272 g/mol. The van der Waals surface area contributed by atoms with E-state index in [1.807, 2.05) is 24.4 Å². The van der Waals surface area contributed by atoms with Crippen molar-refractivity contribution in [2.24, 2.45) is 17.8 Å². The van der Waals surface area contributed by atoms with Gasteiger partial charge in [0.1, 0.15) is 5.82 Å². The molecule has 0 aromatic carbocycles. The maximum atomic E-state index is 6.37. The van der Waals surface area contributed by atoms with E-state index in [1.54, 1.807) is 0 Å². The van der Waals surface area contributed by atoms with Gasteiger partial charge in [0.15, 0.2) is 0 Å². The Morgan fingerprint density at radius 3 is 2.40 bits per heavy atom. The van der Waals surface area contributed by atoms with Gasteiger partial charge in [0.2, 0.25) is 0 Å². The molecule has 3 nitrogen and oxygen atoms in total. The first-order chi connectivity index (χ1) is 9.81. The van der Waals surface area contributed by atoms with Gasteiger partial charge in [-0.2, -0.15) is 0 Å². The SMILES string of the molecule is c1ccc(NCCOC23CC4CC(CC(C4)C2)C3)nc1. The van der Waals surface area contributed by atoms with Crippen molar-refractivity contribution in [3.05, 3.63) is 24.4 Å². The van der Waals surface area contributed by atoms with Gasteiger partial charge in [0.05, 0.1) is 12.2 Å². The molecule has 4 fully saturated rings. The molecule has 0 aliphatic heterocycles. The third kappa shape index (κ3) is 2.44. The van der Waals surface area contributed by atoms with E-state index in [-0.39, 0.29) is 5.60 Å². The first kappa shape index (κ1) is 12.6. The Hall–Kier alpha value is -1.09. The van der Waals surface area contributed by atoms with Crippen molar-refractivity contribution < 1.29 is 4.74 Å². The fourth-order valence-electron chi connectivity index (χ4n) is 5.12. The second-order valence-corrected chi connectivity index (χ2v) is 7.09. The molecule has 3 heteroatoms. The van der Waals surface area contributed by atoms with Crippen LogP contribution in [-0.2, 0) is 4.74 Å². The van der Waals surface area contributed by atoms with Crippen LogP contribution in [0.2, 0.25) is 0 Å². The van der Waals surface area contributed by atoms with Crippen LogP contribution in [0.5, 0.6) is 0 Å². The second kappa shape index (κ2) is 5.03. The van der Waals surface area contributed by atoms with Gasteiger partial charge in [-0.1, -0.05) is 6.07 Å². The lowest BCUT2D eigenvalue weighted by Gasteiger charge is -2.56. The molecule has 1 N–H and O–H groups in total. The number of aromatic nitrogens is 1. The lowest BCUT2D eigenvalue weighted by Crippen LogP contribution is -2.52. The van der Waals surface area contributed by atoms with Crippen LogP contribution in [0, 0.1) is 17.8 Å². The number of ether oxygens (including phenoxy) is 1. The summed E-state index contributed by atoms with van der Waals surface area (Å²) in [6, 6.07) is 5.96. The largest absolute Gasteiger partial charge is 0.373 e. The molecule has 0 radical (unpaired) electrons. The molecule has 0 unspecified atom stereocenters. The minimum absolute atomic E-state index is 0.237. The number of pyridine rings is 1. The quantitative estimate of drug-likeness (QED) is 0.833. The van der Waals surface area contributed by atoms with Crippen LogP contribution < -0.4 is 5.32 Å². The lowest BCUT2D eigenvalue weighted by molar-refractivity contribution is -0.159. The molecular weight excluding hydrogens is 248 g/mol. The van der Waals surface area contributed by atoms with Gasteiger partial charge in [-0.05, 0) is 68.4 Å². The van der Waals surface area contributed by atoms with Crippen molar-refractivity contribution in [1.82, 2.24) is 4.98 Å². The molecule has 108 valence electrons. The van der Waals surface area contributed by atoms with Crippen LogP contribution >= 0.6 is 0 Å². The van der Waals surface area contributed by atoms with Crippen molar-refractivity contribution >= 4 is 5.82 Å². The zero-order valence-electron chi connectivity index (χ0n) is 12.1. The molecule has 0 spiro atoms. The number of nitrogens with zero attached hydrogens (tertiary/aromatic N) is 1. The van der Waals surface area contributed by atoms with E-state index >= 15 is 0 Å². The van der Waals surface area contributed by atoms with Gasteiger partial charge in [-0.3, -0.25) is 0 Å². The van der Waals surface area contributed by atoms with Gasteiger partial charge in [0.25, 0.3) is 0 Å². The number of rotatable bonds is 5. The zero-order valence-corrected chi connectivity index (χ0v) is 12.1. The smallest absolute Gasteiger partial charge is 0.125 e. The first-order valence-electron chi connectivity index (χ1n) is 8.10. The molecule has 5 rings (SSSR count). The van der Waals surface area contributed by atoms with Crippen LogP contribution in [0.25, 0.3) is 0 Å². The van der Waals surface area contributed by atoms with Crippen molar-refractivity contribution in [1.29, 1.82) is 0 Å². The van der Waals surface area contributed by atoms with E-state index < -0.39 is 0 Å². The Morgan fingerprint density at radius 1 is 1.10 bits per heavy atom. The Kier molecular flexibility index (Phi) is 3.18. The highest BCUT2D eigenvalue weighted by molar-refractivity contribution is 5.32. The first-order valence-corrected chi connectivity index (χ1v) is 8.10. The van der Waals surface area contributed by atoms with Crippen molar-refractivity contribution in [3.8, 4) is 0 Å². The minimum Gasteiger partial charge on any atom is -0.373 e. The summed E-state index contributed by atoms with van der Waals surface area (Å²) in [5.41, 5.74) is 0.237. The highest BCUT2D eigenvalue weighted by atomic mass is 16.5. The number of anilines is 1. The van der Waals surface area contributed by atoms with E-state index in [9.17, 15) is 0 Å². The highest BCUT2D eigenvalue weighted by Crippen LogP contribution is 2.57. The summed E-state index contributed by atoms with van der Waals surface area (Å²) in [4.78, 5) is 4.28. The fraction of sp³-hybridized carbons (Fsp3) is 0.706. The molecule has 4 aliphatic rings. The van der Waals surface area contributed by atoms with E-state index in [4.69, 9.17) is 4.74 Å². The topological polar surface area (TPSA) is 34.1 Å². The summed E-state index contributed by atoms with van der Waals surface area (Å²) in [7, 11) is 0. The molecule has 0 atom stereocenters. The van der Waals surface area contributed by atoms with Gasteiger partial charge >= 0.3 is 0 Å². The van der Waals surface area contributed by atoms with Gasteiger partial charge in [-0.15, -0.1) is 0 Å². The summed E-state index contributed by atoms with van der Waals surface area (Å²) in [5, 5.41) is 3.34. The summed E-state index contributed by atoms with van der Waals surface area (Å²) in [6.45, 7) is 1.67. The molecule has 1 heterocycles. The van der Waals surface area contributed by atoms with Crippen LogP contribution in [0.4, 0.5) is 5.82 Å². The summed E-state index contributed by atoms with van der Waals surface area (Å²) < 4.78 is 6.37. The summed E-state index contributed by atoms with van der Waals surface area (Å²) >= 11 is 0. The molecule has 1 aromatic heterocycles. The van der Waals surface area contributed by atoms with Crippen LogP contribution in [0.3, 0.4) is 0 Å². The van der Waals surface area contributed by atoms with E-state index in [1.165, 1.54) is 38.5 Å². The number of hydrogen-bond donors (Lipinski definition) is 1. The Balaban J connectivity index is 1.29.